The van der Waals surface area contributed by atoms with Crippen molar-refractivity contribution in [3.05, 3.63) is 77.9 Å². The molecule has 5 heteroatoms. The first-order valence-electron chi connectivity index (χ1n) is 9.35. The summed E-state index contributed by atoms with van der Waals surface area (Å²) in [5, 5.41) is 2.89. The zero-order chi connectivity index (χ0) is 20.1. The van der Waals surface area contributed by atoms with Crippen LogP contribution < -0.4 is 5.32 Å². The number of nitrogens with zero attached hydrogens (tertiary/aromatic N) is 1. The first-order chi connectivity index (χ1) is 13.5. The van der Waals surface area contributed by atoms with E-state index in [0.717, 1.165) is 0 Å². The Morgan fingerprint density at radius 3 is 2.14 bits per heavy atom. The zero-order valence-electron chi connectivity index (χ0n) is 16.1. The highest BCUT2D eigenvalue weighted by molar-refractivity contribution is 6.14. The number of hydrogen-bond donors (Lipinski definition) is 1. The molecule has 2 unspecified atom stereocenters. The average Bonchev–Trinajstić information content (AvgIpc) is 2.73. The summed E-state index contributed by atoms with van der Waals surface area (Å²) in [6.07, 6.45) is 4.93. The van der Waals surface area contributed by atoms with Gasteiger partial charge in [-0.3, -0.25) is 14.4 Å². The Hall–Kier alpha value is -3.21. The van der Waals surface area contributed by atoms with Gasteiger partial charge in [0.2, 0.25) is 11.8 Å². The second kappa shape index (κ2) is 8.65. The first-order valence-corrected chi connectivity index (χ1v) is 9.35. The van der Waals surface area contributed by atoms with Gasteiger partial charge in [0.15, 0.2) is 5.78 Å². The summed E-state index contributed by atoms with van der Waals surface area (Å²) in [4.78, 5) is 39.9. The highest BCUT2D eigenvalue weighted by atomic mass is 16.2. The third-order valence-corrected chi connectivity index (χ3v) is 4.99. The fourth-order valence-electron chi connectivity index (χ4n) is 3.47. The molecular formula is C23H24N2O3. The second-order valence-corrected chi connectivity index (χ2v) is 7.12. The van der Waals surface area contributed by atoms with Crippen LogP contribution in [0.2, 0.25) is 0 Å². The maximum Gasteiger partial charge on any atom is 0.228 e. The lowest BCUT2D eigenvalue weighted by Gasteiger charge is -2.29. The molecule has 0 saturated heterocycles. The van der Waals surface area contributed by atoms with Crippen molar-refractivity contribution in [3.8, 4) is 0 Å². The van der Waals surface area contributed by atoms with Crippen LogP contribution in [-0.2, 0) is 9.59 Å². The standard InChI is InChI=1S/C23H24N2O3/c1-25(2)23(28)18-13-7-6-12-17(18)22(27)24-20-15-9-8-14-19(20)21(26)16-10-4-3-5-11-16/h3-11,14-15,17-18H,12-13H2,1-2H3,(H,24,27). The van der Waals surface area contributed by atoms with Crippen molar-refractivity contribution >= 4 is 23.3 Å². The third kappa shape index (κ3) is 4.19. The molecule has 3 rings (SSSR count). The molecule has 0 spiro atoms. The van der Waals surface area contributed by atoms with Gasteiger partial charge in [-0.2, -0.15) is 0 Å². The van der Waals surface area contributed by atoms with Crippen molar-refractivity contribution in [1.29, 1.82) is 0 Å². The van der Waals surface area contributed by atoms with Gasteiger partial charge >= 0.3 is 0 Å². The number of carbonyl (C=O) groups is 3. The molecular weight excluding hydrogens is 352 g/mol. The fraction of sp³-hybridized carbons (Fsp3) is 0.261. The number of allylic oxidation sites excluding steroid dienone is 2. The summed E-state index contributed by atoms with van der Waals surface area (Å²) in [7, 11) is 3.40. The molecule has 0 saturated carbocycles. The topological polar surface area (TPSA) is 66.5 Å². The van der Waals surface area contributed by atoms with Crippen LogP contribution in [0.3, 0.4) is 0 Å². The lowest BCUT2D eigenvalue weighted by molar-refractivity contribution is -0.138. The molecule has 0 heterocycles. The van der Waals surface area contributed by atoms with Gasteiger partial charge in [0.1, 0.15) is 0 Å². The Morgan fingerprint density at radius 2 is 1.46 bits per heavy atom. The maximum absolute atomic E-state index is 13.0. The van der Waals surface area contributed by atoms with Gasteiger partial charge in [-0.05, 0) is 25.0 Å². The van der Waals surface area contributed by atoms with Crippen LogP contribution in [0, 0.1) is 11.8 Å². The minimum absolute atomic E-state index is 0.0573. The zero-order valence-corrected chi connectivity index (χ0v) is 16.1. The van der Waals surface area contributed by atoms with Crippen LogP contribution in [0.1, 0.15) is 28.8 Å². The number of para-hydroxylation sites is 1. The van der Waals surface area contributed by atoms with Gasteiger partial charge in [0.25, 0.3) is 0 Å². The Bertz CT molecular complexity index is 903. The molecule has 2 amide bonds. The minimum Gasteiger partial charge on any atom is -0.349 e. The van der Waals surface area contributed by atoms with E-state index < -0.39 is 11.8 Å². The SMILES string of the molecule is CN(C)C(=O)C1CC=CCC1C(=O)Nc1ccccc1C(=O)c1ccccc1. The molecule has 0 bridgehead atoms. The van der Waals surface area contributed by atoms with E-state index in [4.69, 9.17) is 0 Å². The van der Waals surface area contributed by atoms with E-state index in [9.17, 15) is 14.4 Å². The molecule has 1 aliphatic carbocycles. The number of nitrogens with one attached hydrogen (secondary N) is 1. The van der Waals surface area contributed by atoms with E-state index in [1.807, 2.05) is 18.2 Å². The van der Waals surface area contributed by atoms with E-state index in [1.165, 1.54) is 4.90 Å². The number of rotatable bonds is 5. The second-order valence-electron chi connectivity index (χ2n) is 7.12. The smallest absolute Gasteiger partial charge is 0.228 e. The van der Waals surface area contributed by atoms with Gasteiger partial charge in [0.05, 0.1) is 17.5 Å². The lowest BCUT2D eigenvalue weighted by Crippen LogP contribution is -2.40. The van der Waals surface area contributed by atoms with Crippen LogP contribution in [-0.4, -0.2) is 36.6 Å². The van der Waals surface area contributed by atoms with Gasteiger partial charge < -0.3 is 10.2 Å². The summed E-state index contributed by atoms with van der Waals surface area (Å²) < 4.78 is 0. The Morgan fingerprint density at radius 1 is 0.857 bits per heavy atom. The molecule has 144 valence electrons. The molecule has 0 radical (unpaired) electrons. The monoisotopic (exact) mass is 376 g/mol. The van der Waals surface area contributed by atoms with Crippen LogP contribution in [0.4, 0.5) is 5.69 Å². The molecule has 1 N–H and O–H groups in total. The van der Waals surface area contributed by atoms with Crippen molar-refractivity contribution in [2.24, 2.45) is 11.8 Å². The molecule has 28 heavy (non-hydrogen) atoms. The number of carbonyl (C=O) groups excluding carboxylic acids is 3. The van der Waals surface area contributed by atoms with E-state index in [2.05, 4.69) is 5.32 Å². The maximum atomic E-state index is 13.0. The number of amides is 2. The molecule has 0 aromatic heterocycles. The summed E-state index contributed by atoms with van der Waals surface area (Å²) in [6.45, 7) is 0. The highest BCUT2D eigenvalue weighted by Crippen LogP contribution is 2.29. The Kier molecular flexibility index (Phi) is 6.04. The van der Waals surface area contributed by atoms with Gasteiger partial charge in [0, 0.05) is 25.2 Å². The van der Waals surface area contributed by atoms with Crippen LogP contribution >= 0.6 is 0 Å². The van der Waals surface area contributed by atoms with Crippen LogP contribution in [0.15, 0.2) is 66.7 Å². The Balaban J connectivity index is 1.84. The summed E-state index contributed by atoms with van der Waals surface area (Å²) >= 11 is 0. The fourth-order valence-corrected chi connectivity index (χ4v) is 3.47. The highest BCUT2D eigenvalue weighted by Gasteiger charge is 2.35. The molecule has 1 aliphatic rings. The number of anilines is 1. The molecule has 0 aliphatic heterocycles. The van der Waals surface area contributed by atoms with Crippen molar-refractivity contribution in [2.75, 3.05) is 19.4 Å². The van der Waals surface area contributed by atoms with Crippen molar-refractivity contribution in [3.63, 3.8) is 0 Å². The van der Waals surface area contributed by atoms with Gasteiger partial charge in [-0.15, -0.1) is 0 Å². The van der Waals surface area contributed by atoms with E-state index in [-0.39, 0.29) is 17.6 Å². The predicted octanol–water partition coefficient (Wildman–Crippen LogP) is 3.53. The summed E-state index contributed by atoms with van der Waals surface area (Å²) in [6, 6.07) is 15.9. The quantitative estimate of drug-likeness (QED) is 0.641. The average molecular weight is 376 g/mol. The normalized spacial score (nSPS) is 18.4. The van der Waals surface area contributed by atoms with E-state index in [0.29, 0.717) is 29.7 Å². The third-order valence-electron chi connectivity index (χ3n) is 4.99. The Labute approximate surface area is 165 Å². The number of hydrogen-bond acceptors (Lipinski definition) is 3. The molecule has 2 atom stereocenters. The largest absolute Gasteiger partial charge is 0.349 e. The van der Waals surface area contributed by atoms with E-state index >= 15 is 0 Å². The van der Waals surface area contributed by atoms with Crippen LogP contribution in [0.5, 0.6) is 0 Å². The summed E-state index contributed by atoms with van der Waals surface area (Å²) in [5.74, 6) is -1.30. The molecule has 5 nitrogen and oxygen atoms in total. The van der Waals surface area contributed by atoms with E-state index in [1.54, 1.807) is 62.6 Å². The number of ketones is 1. The number of benzene rings is 2. The molecule has 2 aromatic carbocycles. The van der Waals surface area contributed by atoms with Gasteiger partial charge in [-0.25, -0.2) is 0 Å². The molecule has 2 aromatic rings. The minimum atomic E-state index is -0.459. The molecule has 0 fully saturated rings. The summed E-state index contributed by atoms with van der Waals surface area (Å²) in [5.41, 5.74) is 1.46. The lowest BCUT2D eigenvalue weighted by atomic mass is 9.81. The first kappa shape index (κ1) is 19.5. The van der Waals surface area contributed by atoms with Crippen molar-refractivity contribution in [2.45, 2.75) is 12.8 Å². The van der Waals surface area contributed by atoms with Crippen molar-refractivity contribution in [1.82, 2.24) is 4.90 Å². The van der Waals surface area contributed by atoms with Crippen LogP contribution in [0.25, 0.3) is 0 Å². The van der Waals surface area contributed by atoms with Crippen molar-refractivity contribution < 1.29 is 14.4 Å². The predicted molar refractivity (Wildman–Crippen MR) is 109 cm³/mol. The van der Waals surface area contributed by atoms with Gasteiger partial charge in [-0.1, -0.05) is 54.6 Å².